The van der Waals surface area contributed by atoms with E-state index in [4.69, 9.17) is 10.8 Å². The molecule has 33 heavy (non-hydrogen) atoms. The van der Waals surface area contributed by atoms with Crippen molar-refractivity contribution in [3.63, 3.8) is 0 Å². The van der Waals surface area contributed by atoms with Gasteiger partial charge in [-0.2, -0.15) is 10.3 Å². The molecule has 0 aliphatic rings. The van der Waals surface area contributed by atoms with Crippen molar-refractivity contribution < 1.29 is 44.7 Å². The second-order valence-corrected chi connectivity index (χ2v) is 7.20. The average molecular weight is 592 g/mol. The van der Waals surface area contributed by atoms with Gasteiger partial charge in [0.05, 0.1) is 0 Å². The summed E-state index contributed by atoms with van der Waals surface area (Å²) >= 11 is 7.40. The van der Waals surface area contributed by atoms with E-state index in [1.165, 1.54) is 10.3 Å². The zero-order chi connectivity index (χ0) is 23.4. The molecule has 8 nitrogen and oxygen atoms in total. The molecular formula is C21H32Cu2N6O2S2. The van der Waals surface area contributed by atoms with Gasteiger partial charge in [-0.25, -0.2) is 0 Å². The van der Waals surface area contributed by atoms with E-state index in [0.29, 0.717) is 11.1 Å². The molecule has 0 fully saturated rings. The van der Waals surface area contributed by atoms with Crippen molar-refractivity contribution in [3.8, 4) is 5.75 Å². The predicted octanol–water partition coefficient (Wildman–Crippen LogP) is 2.95. The summed E-state index contributed by atoms with van der Waals surface area (Å²) < 4.78 is 0. The largest absolute Gasteiger partial charge is 2.00 e. The number of aryl methyl sites for hydroxylation is 1. The molecule has 0 aliphatic carbocycles. The van der Waals surface area contributed by atoms with Crippen LogP contribution in [0.2, 0.25) is 0 Å². The number of thiocarbonyl (C=S) groups is 2. The topological polar surface area (TPSA) is 129 Å². The molecule has 0 spiro atoms. The Labute approximate surface area is 230 Å². The quantitative estimate of drug-likeness (QED) is 0.178. The smallest absolute Gasteiger partial charge is 0.872 e. The second-order valence-electron chi connectivity index (χ2n) is 6.84. The molecule has 0 saturated heterocycles. The van der Waals surface area contributed by atoms with Gasteiger partial charge in [-0.3, -0.25) is 9.98 Å². The number of isothiocyanates is 2. The third-order valence-electron chi connectivity index (χ3n) is 3.54. The normalized spacial score (nSPS) is 9.42. The van der Waals surface area contributed by atoms with Crippen LogP contribution in [0.5, 0.6) is 5.75 Å². The Hall–Kier alpha value is -1.12. The first kappa shape index (κ1) is 42.1. The fourth-order valence-electron chi connectivity index (χ4n) is 2.30. The summed E-state index contributed by atoms with van der Waals surface area (Å²) in [7, 11) is 8.18. The molecule has 2 radical (unpaired) electrons. The van der Waals surface area contributed by atoms with E-state index in [9.17, 15) is 5.11 Å². The monoisotopic (exact) mass is 590 g/mol. The number of benzene rings is 1. The second kappa shape index (κ2) is 28.9. The first-order valence-corrected chi connectivity index (χ1v) is 10.2. The first-order valence-electron chi connectivity index (χ1n) is 9.36. The maximum atomic E-state index is 12.5. The zero-order valence-corrected chi connectivity index (χ0v) is 23.0. The van der Waals surface area contributed by atoms with Gasteiger partial charge in [0, 0.05) is 25.5 Å². The van der Waals surface area contributed by atoms with Crippen LogP contribution in [0.25, 0.3) is 10.8 Å². The fourth-order valence-corrected chi connectivity index (χ4v) is 2.30. The van der Waals surface area contributed by atoms with Crippen LogP contribution in [0.4, 0.5) is 0 Å². The van der Waals surface area contributed by atoms with E-state index in [-0.39, 0.29) is 45.4 Å². The van der Waals surface area contributed by atoms with Crippen molar-refractivity contribution in [1.82, 2.24) is 9.80 Å². The Bertz CT molecular complexity index is 678. The van der Waals surface area contributed by atoms with Gasteiger partial charge in [-0.05, 0) is 77.7 Å². The Balaban J connectivity index is -0.000000261. The maximum Gasteiger partial charge on any atom is 2.00 e. The molecule has 0 saturated carbocycles. The maximum absolute atomic E-state index is 12.5. The van der Waals surface area contributed by atoms with Crippen LogP contribution in [0.15, 0.2) is 22.1 Å². The molecular weight excluding hydrogens is 559 g/mol. The van der Waals surface area contributed by atoms with E-state index in [0.717, 1.165) is 44.6 Å². The summed E-state index contributed by atoms with van der Waals surface area (Å²) in [5.74, 6) is 0.00770. The Morgan fingerprint density at radius 2 is 1.18 bits per heavy atom. The average Bonchev–Trinajstić information content (AvgIpc) is 2.65. The van der Waals surface area contributed by atoms with Crippen molar-refractivity contribution in [1.29, 1.82) is 0 Å². The fraction of sp³-hybridized carbons (Fsp3) is 0.524. The molecule has 0 heterocycles. The summed E-state index contributed by atoms with van der Waals surface area (Å²) in [6, 6.07) is 3.78. The van der Waals surface area contributed by atoms with Gasteiger partial charge in [0.1, 0.15) is 0 Å². The molecule has 192 valence electrons. The molecule has 0 aromatic heterocycles. The Kier molecular flexibility index (Phi) is 36.9. The van der Waals surface area contributed by atoms with Crippen LogP contribution < -0.4 is 5.11 Å². The molecule has 0 bridgehead atoms. The van der Waals surface area contributed by atoms with Crippen LogP contribution in [0, 0.1) is 6.92 Å². The van der Waals surface area contributed by atoms with Crippen molar-refractivity contribution >= 4 is 47.2 Å². The van der Waals surface area contributed by atoms with Gasteiger partial charge in [0.2, 0.25) is 0 Å². The van der Waals surface area contributed by atoms with E-state index < -0.39 is 0 Å². The van der Waals surface area contributed by atoms with E-state index in [2.05, 4.69) is 44.2 Å². The summed E-state index contributed by atoms with van der Waals surface area (Å²) in [5, 5.41) is 29.4. The van der Waals surface area contributed by atoms with Crippen LogP contribution in [0.3, 0.4) is 0 Å². The number of nitrogens with zero attached hydrogens (tertiary/aromatic N) is 6. The van der Waals surface area contributed by atoms with Crippen LogP contribution >= 0.6 is 24.4 Å². The molecule has 0 aliphatic heterocycles. The molecule has 12 heteroatoms. The van der Waals surface area contributed by atoms with Gasteiger partial charge in [-0.1, -0.05) is 42.3 Å². The number of rotatable bonds is 10. The third kappa shape index (κ3) is 27.0. The Morgan fingerprint density at radius 3 is 1.45 bits per heavy atom. The molecule has 0 unspecified atom stereocenters. The summed E-state index contributed by atoms with van der Waals surface area (Å²) in [5.41, 5.74) is 2.35. The van der Waals surface area contributed by atoms with Gasteiger partial charge in [-0.15, -0.1) is 0 Å². The van der Waals surface area contributed by atoms with Gasteiger partial charge >= 0.3 is 34.1 Å². The van der Waals surface area contributed by atoms with Gasteiger partial charge in [0.25, 0.3) is 0 Å². The molecule has 1 aromatic carbocycles. The first-order chi connectivity index (χ1) is 14.2. The Morgan fingerprint density at radius 1 is 0.879 bits per heavy atom. The molecule has 1 rings (SSSR count). The standard InChI is InChI=1S/C19H32N4O.2CNS.2Cu.H2O/c1-16-12-17(14-20-8-6-10-22(2)3)19(24)18(13-16)15-21-9-7-11-23(4)5;2*2-1-3;;;/h12-15,24H,6-11H2,1-5H3;;;;;1H2/q;2*-1;2*+2;/p-2. The number of aliphatic imine (C=N–C) groups is 2. The van der Waals surface area contributed by atoms with Crippen molar-refractivity contribution in [3.05, 3.63) is 39.6 Å². The minimum absolute atomic E-state index is 0. The van der Waals surface area contributed by atoms with E-state index in [1.807, 2.05) is 47.2 Å². The molecule has 0 atom stereocenters. The third-order valence-corrected chi connectivity index (χ3v) is 3.54. The van der Waals surface area contributed by atoms with Crippen molar-refractivity contribution in [2.75, 3.05) is 54.4 Å². The molecule has 0 amide bonds. The van der Waals surface area contributed by atoms with Gasteiger partial charge < -0.3 is 31.2 Å². The van der Waals surface area contributed by atoms with Crippen molar-refractivity contribution in [2.24, 2.45) is 9.98 Å². The zero-order valence-electron chi connectivity index (χ0n) is 19.5. The number of hydrogen-bond acceptors (Lipinski definition) is 8. The minimum Gasteiger partial charge on any atom is -0.872 e. The SMILES string of the molecule is Cc1cc(C=NCCCN(C)C)c([O-])c(C=NCCCN(C)C)c1.[Cu+2].[Cu+2].[N-]=C=S.[N-]=C=S.[OH-]. The summed E-state index contributed by atoms with van der Waals surface area (Å²) in [6.45, 7) is 5.46. The van der Waals surface area contributed by atoms with Crippen molar-refractivity contribution in [2.45, 2.75) is 19.8 Å². The van der Waals surface area contributed by atoms with Gasteiger partial charge in [0.15, 0.2) is 0 Å². The van der Waals surface area contributed by atoms with Crippen LogP contribution in [-0.4, -0.2) is 92.4 Å². The predicted molar refractivity (Wildman–Crippen MR) is 136 cm³/mol. The van der Waals surface area contributed by atoms with Crippen LogP contribution in [-0.2, 0) is 34.1 Å². The summed E-state index contributed by atoms with van der Waals surface area (Å²) in [4.78, 5) is 13.0. The summed E-state index contributed by atoms with van der Waals surface area (Å²) in [6.07, 6.45) is 5.39. The minimum atomic E-state index is 0. The molecule has 1 aromatic rings. The number of hydrogen-bond donors (Lipinski definition) is 0. The van der Waals surface area contributed by atoms with Crippen LogP contribution in [0.1, 0.15) is 29.5 Å². The van der Waals surface area contributed by atoms with E-state index >= 15 is 0 Å². The molecule has 1 N–H and O–H groups in total. The van der Waals surface area contributed by atoms with E-state index in [1.54, 1.807) is 12.4 Å².